The predicted octanol–water partition coefficient (Wildman–Crippen LogP) is 2.35. The van der Waals surface area contributed by atoms with Crippen molar-refractivity contribution in [1.82, 2.24) is 15.2 Å². The minimum atomic E-state index is 0.321. The smallest absolute Gasteiger partial charge is 0.0332 e. The van der Waals surface area contributed by atoms with Crippen LogP contribution in [0.25, 0.3) is 0 Å². The Kier molecular flexibility index (Phi) is 4.36. The Labute approximate surface area is 111 Å². The molecule has 1 saturated heterocycles. The van der Waals surface area contributed by atoms with Crippen LogP contribution in [0.2, 0.25) is 0 Å². The number of aromatic nitrogens is 1. The van der Waals surface area contributed by atoms with E-state index in [1.54, 1.807) is 0 Å². The number of hydrogen-bond donors (Lipinski definition) is 1. The van der Waals surface area contributed by atoms with Crippen LogP contribution < -0.4 is 5.32 Å². The topological polar surface area (TPSA) is 28.2 Å². The van der Waals surface area contributed by atoms with E-state index >= 15 is 0 Å². The second kappa shape index (κ2) is 5.81. The van der Waals surface area contributed by atoms with Crippen LogP contribution in [-0.4, -0.2) is 35.1 Å². The lowest BCUT2D eigenvalue weighted by molar-refractivity contribution is 0.0447. The van der Waals surface area contributed by atoms with Gasteiger partial charge in [-0.15, -0.1) is 0 Å². The summed E-state index contributed by atoms with van der Waals surface area (Å²) in [5.74, 6) is 0. The largest absolute Gasteiger partial charge is 0.314 e. The molecular weight excluding hydrogens is 222 g/mol. The van der Waals surface area contributed by atoms with E-state index in [1.165, 1.54) is 24.0 Å². The lowest BCUT2D eigenvalue weighted by Gasteiger charge is -2.47. The number of piperazine rings is 1. The van der Waals surface area contributed by atoms with Gasteiger partial charge in [-0.1, -0.05) is 19.9 Å². The van der Waals surface area contributed by atoms with Crippen LogP contribution in [0, 0.1) is 6.92 Å². The van der Waals surface area contributed by atoms with Crippen molar-refractivity contribution in [2.45, 2.75) is 45.7 Å². The molecule has 0 radical (unpaired) electrons. The third-order valence-electron chi connectivity index (χ3n) is 4.30. The number of aryl methyl sites for hydroxylation is 1. The molecule has 0 aliphatic carbocycles. The van der Waals surface area contributed by atoms with E-state index in [1.807, 2.05) is 12.4 Å². The van der Waals surface area contributed by atoms with Crippen LogP contribution in [0.5, 0.6) is 0 Å². The van der Waals surface area contributed by atoms with Crippen LogP contribution in [0.3, 0.4) is 0 Å². The summed E-state index contributed by atoms with van der Waals surface area (Å²) < 4.78 is 0. The molecule has 100 valence electrons. The van der Waals surface area contributed by atoms with Gasteiger partial charge in [0.05, 0.1) is 0 Å². The molecule has 0 unspecified atom stereocenters. The molecule has 18 heavy (non-hydrogen) atoms. The van der Waals surface area contributed by atoms with Gasteiger partial charge in [-0.2, -0.15) is 0 Å². The summed E-state index contributed by atoms with van der Waals surface area (Å²) in [6.07, 6.45) is 6.34. The number of rotatable bonds is 4. The fourth-order valence-electron chi connectivity index (χ4n) is 3.00. The molecule has 1 aliphatic rings. The number of hydrogen-bond acceptors (Lipinski definition) is 3. The molecule has 0 spiro atoms. The van der Waals surface area contributed by atoms with E-state index in [4.69, 9.17) is 0 Å². The zero-order valence-corrected chi connectivity index (χ0v) is 11.9. The lowest BCUT2D eigenvalue weighted by Crippen LogP contribution is -2.60. The maximum atomic E-state index is 4.31. The van der Waals surface area contributed by atoms with Crippen LogP contribution >= 0.6 is 0 Å². The molecule has 0 saturated carbocycles. The molecule has 0 aromatic carbocycles. The zero-order chi connectivity index (χ0) is 13.0. The second-order valence-corrected chi connectivity index (χ2v) is 5.40. The molecule has 1 aliphatic heterocycles. The maximum absolute atomic E-state index is 4.31. The molecule has 1 aromatic rings. The van der Waals surface area contributed by atoms with E-state index in [2.05, 4.69) is 42.0 Å². The molecule has 1 N–H and O–H groups in total. The van der Waals surface area contributed by atoms with Crippen LogP contribution in [-0.2, 0) is 6.54 Å². The van der Waals surface area contributed by atoms with Gasteiger partial charge in [-0.3, -0.25) is 9.88 Å². The van der Waals surface area contributed by atoms with Crippen molar-refractivity contribution in [2.75, 3.05) is 19.6 Å². The van der Waals surface area contributed by atoms with Gasteiger partial charge in [0.1, 0.15) is 0 Å². The molecule has 0 atom stereocenters. The molecule has 2 rings (SSSR count). The van der Waals surface area contributed by atoms with Gasteiger partial charge in [0.25, 0.3) is 0 Å². The van der Waals surface area contributed by atoms with Gasteiger partial charge in [-0.05, 0) is 30.9 Å². The van der Waals surface area contributed by atoms with Gasteiger partial charge in [0.15, 0.2) is 0 Å². The van der Waals surface area contributed by atoms with E-state index in [-0.39, 0.29) is 0 Å². The molecule has 1 aromatic heterocycles. The highest BCUT2D eigenvalue weighted by atomic mass is 15.3. The average molecular weight is 247 g/mol. The SMILES string of the molecule is CCC1(CC)CNCCN1Cc1cncc(C)c1. The highest BCUT2D eigenvalue weighted by Crippen LogP contribution is 2.27. The van der Waals surface area contributed by atoms with E-state index in [0.29, 0.717) is 5.54 Å². The van der Waals surface area contributed by atoms with Crippen molar-refractivity contribution in [3.05, 3.63) is 29.6 Å². The Morgan fingerprint density at radius 2 is 2.11 bits per heavy atom. The standard InChI is InChI=1S/C15H25N3/c1-4-15(5-2)12-16-6-7-18(15)11-14-8-13(3)9-17-10-14/h8-10,16H,4-7,11-12H2,1-3H3. The Balaban J connectivity index is 2.15. The number of nitrogens with zero attached hydrogens (tertiary/aromatic N) is 2. The number of nitrogens with one attached hydrogen (secondary N) is 1. The second-order valence-electron chi connectivity index (χ2n) is 5.40. The first kappa shape index (κ1) is 13.5. The third kappa shape index (κ3) is 2.73. The van der Waals surface area contributed by atoms with Crippen LogP contribution in [0.15, 0.2) is 18.5 Å². The Bertz CT molecular complexity index is 385. The maximum Gasteiger partial charge on any atom is 0.0332 e. The fourth-order valence-corrected chi connectivity index (χ4v) is 3.00. The van der Waals surface area contributed by atoms with Gasteiger partial charge < -0.3 is 5.32 Å². The van der Waals surface area contributed by atoms with Crippen molar-refractivity contribution < 1.29 is 0 Å². The summed E-state index contributed by atoms with van der Waals surface area (Å²) in [7, 11) is 0. The summed E-state index contributed by atoms with van der Waals surface area (Å²) in [4.78, 5) is 6.95. The minimum Gasteiger partial charge on any atom is -0.314 e. The third-order valence-corrected chi connectivity index (χ3v) is 4.30. The average Bonchev–Trinajstić information content (AvgIpc) is 2.40. The van der Waals surface area contributed by atoms with Gasteiger partial charge in [0.2, 0.25) is 0 Å². The Morgan fingerprint density at radius 3 is 2.78 bits per heavy atom. The number of pyridine rings is 1. The normalized spacial score (nSPS) is 19.9. The van der Waals surface area contributed by atoms with Crippen molar-refractivity contribution >= 4 is 0 Å². The highest BCUT2D eigenvalue weighted by Gasteiger charge is 2.35. The molecule has 2 heterocycles. The quantitative estimate of drug-likeness (QED) is 0.885. The first-order valence-corrected chi connectivity index (χ1v) is 7.06. The molecule has 3 heteroatoms. The minimum absolute atomic E-state index is 0.321. The summed E-state index contributed by atoms with van der Waals surface area (Å²) in [5, 5.41) is 3.55. The molecule has 1 fully saturated rings. The van der Waals surface area contributed by atoms with E-state index < -0.39 is 0 Å². The van der Waals surface area contributed by atoms with Gasteiger partial charge in [-0.25, -0.2) is 0 Å². The fraction of sp³-hybridized carbons (Fsp3) is 0.667. The summed E-state index contributed by atoms with van der Waals surface area (Å²) in [6, 6.07) is 2.26. The zero-order valence-electron chi connectivity index (χ0n) is 11.9. The summed E-state index contributed by atoms with van der Waals surface area (Å²) >= 11 is 0. The van der Waals surface area contributed by atoms with Crippen LogP contribution in [0.1, 0.15) is 37.8 Å². The highest BCUT2D eigenvalue weighted by molar-refractivity contribution is 5.17. The first-order chi connectivity index (χ1) is 8.70. The van der Waals surface area contributed by atoms with Gasteiger partial charge >= 0.3 is 0 Å². The van der Waals surface area contributed by atoms with Crippen molar-refractivity contribution in [3.8, 4) is 0 Å². The van der Waals surface area contributed by atoms with Crippen molar-refractivity contribution in [2.24, 2.45) is 0 Å². The van der Waals surface area contributed by atoms with Crippen LogP contribution in [0.4, 0.5) is 0 Å². The monoisotopic (exact) mass is 247 g/mol. The summed E-state index contributed by atoms with van der Waals surface area (Å²) in [6.45, 7) is 11.1. The Morgan fingerprint density at radius 1 is 1.33 bits per heavy atom. The van der Waals surface area contributed by atoms with Crippen molar-refractivity contribution in [1.29, 1.82) is 0 Å². The molecule has 0 amide bonds. The Hall–Kier alpha value is -0.930. The van der Waals surface area contributed by atoms with Gasteiger partial charge in [0, 0.05) is 44.1 Å². The summed E-state index contributed by atoms with van der Waals surface area (Å²) in [5.41, 5.74) is 2.91. The molecular formula is C15H25N3. The van der Waals surface area contributed by atoms with E-state index in [0.717, 1.165) is 26.2 Å². The lowest BCUT2D eigenvalue weighted by atomic mass is 9.88. The predicted molar refractivity (Wildman–Crippen MR) is 75.6 cm³/mol. The van der Waals surface area contributed by atoms with Crippen molar-refractivity contribution in [3.63, 3.8) is 0 Å². The molecule has 3 nitrogen and oxygen atoms in total. The first-order valence-electron chi connectivity index (χ1n) is 7.06. The molecule has 0 bridgehead atoms. The van der Waals surface area contributed by atoms with E-state index in [9.17, 15) is 0 Å².